The number of carbonyl (C=O) groups excluding carboxylic acids is 1. The van der Waals surface area contributed by atoms with Gasteiger partial charge in [0.1, 0.15) is 11.4 Å². The topological polar surface area (TPSA) is 111 Å². The molecule has 0 atom stereocenters. The van der Waals surface area contributed by atoms with Gasteiger partial charge in [-0.15, -0.1) is 0 Å². The number of hydrogen-bond acceptors (Lipinski definition) is 7. The van der Waals surface area contributed by atoms with Crippen molar-refractivity contribution in [2.45, 2.75) is 6.54 Å². The molecule has 0 aliphatic carbocycles. The van der Waals surface area contributed by atoms with E-state index < -0.39 is 5.76 Å². The van der Waals surface area contributed by atoms with Gasteiger partial charge in [-0.1, -0.05) is 0 Å². The lowest BCUT2D eigenvalue weighted by molar-refractivity contribution is 0.102. The smallest absolute Gasteiger partial charge is 0.419 e. The highest BCUT2D eigenvalue weighted by molar-refractivity contribution is 6.08. The van der Waals surface area contributed by atoms with Gasteiger partial charge in [0, 0.05) is 30.2 Å². The summed E-state index contributed by atoms with van der Waals surface area (Å²) >= 11 is 0. The van der Waals surface area contributed by atoms with Crippen molar-refractivity contribution in [1.82, 2.24) is 14.5 Å². The van der Waals surface area contributed by atoms with Gasteiger partial charge in [-0.2, -0.15) is 0 Å². The van der Waals surface area contributed by atoms with E-state index in [9.17, 15) is 9.59 Å². The minimum absolute atomic E-state index is 0.312. The van der Waals surface area contributed by atoms with Crippen molar-refractivity contribution in [3.63, 3.8) is 0 Å². The monoisotopic (exact) mass is 454 g/mol. The Balaban J connectivity index is 1.68. The van der Waals surface area contributed by atoms with Crippen molar-refractivity contribution in [3.05, 3.63) is 46.6 Å². The van der Waals surface area contributed by atoms with Crippen LogP contribution in [0.15, 0.2) is 39.5 Å². The van der Waals surface area contributed by atoms with E-state index in [0.717, 1.165) is 0 Å². The third-order valence-corrected chi connectivity index (χ3v) is 5.38. The molecular formula is C23H26N4O6. The summed E-state index contributed by atoms with van der Waals surface area (Å²) in [6.07, 6.45) is 0. The molecule has 4 rings (SSSR count). The number of benzene rings is 2. The molecule has 0 radical (unpaired) electrons. The Morgan fingerprint density at radius 1 is 1.09 bits per heavy atom. The second-order valence-corrected chi connectivity index (χ2v) is 7.75. The quantitative estimate of drug-likeness (QED) is 0.421. The molecule has 0 saturated heterocycles. The van der Waals surface area contributed by atoms with Gasteiger partial charge in [-0.05, 0) is 38.4 Å². The lowest BCUT2D eigenvalue weighted by Crippen LogP contribution is -2.23. The van der Waals surface area contributed by atoms with Crippen molar-refractivity contribution in [3.8, 4) is 17.2 Å². The molecule has 0 spiro atoms. The Morgan fingerprint density at radius 3 is 2.52 bits per heavy atom. The van der Waals surface area contributed by atoms with Gasteiger partial charge >= 0.3 is 5.76 Å². The van der Waals surface area contributed by atoms with Crippen LogP contribution in [0, 0.1) is 0 Å². The summed E-state index contributed by atoms with van der Waals surface area (Å²) in [4.78, 5) is 30.3. The fourth-order valence-electron chi connectivity index (χ4n) is 3.71. The van der Waals surface area contributed by atoms with E-state index in [1.165, 1.54) is 14.2 Å². The molecule has 0 unspecified atom stereocenters. The maximum atomic E-state index is 13.0. The number of hydrogen-bond donors (Lipinski definition) is 2. The van der Waals surface area contributed by atoms with Crippen LogP contribution < -0.4 is 25.3 Å². The number of nitrogens with one attached hydrogen (secondary N) is 2. The largest absolute Gasteiger partial charge is 0.496 e. The molecule has 1 amide bonds. The van der Waals surface area contributed by atoms with E-state index in [4.69, 9.17) is 18.6 Å². The van der Waals surface area contributed by atoms with E-state index in [0.29, 0.717) is 63.7 Å². The Bertz CT molecular complexity index is 1380. The van der Waals surface area contributed by atoms with E-state index in [2.05, 4.69) is 10.3 Å². The van der Waals surface area contributed by atoms with Crippen molar-refractivity contribution in [2.75, 3.05) is 47.3 Å². The number of carbonyl (C=O) groups is 1. The number of fused-ring (bicyclic) bond motifs is 2. The van der Waals surface area contributed by atoms with Crippen LogP contribution in [-0.4, -0.2) is 62.3 Å². The highest BCUT2D eigenvalue weighted by Crippen LogP contribution is 2.41. The predicted molar refractivity (Wildman–Crippen MR) is 125 cm³/mol. The van der Waals surface area contributed by atoms with Crippen molar-refractivity contribution in [2.24, 2.45) is 0 Å². The van der Waals surface area contributed by atoms with Crippen LogP contribution in [0.1, 0.15) is 10.5 Å². The zero-order valence-electron chi connectivity index (χ0n) is 19.1. The molecule has 10 heteroatoms. The van der Waals surface area contributed by atoms with Gasteiger partial charge < -0.3 is 33.8 Å². The number of aromatic nitrogens is 2. The summed E-state index contributed by atoms with van der Waals surface area (Å²) in [5.41, 5.74) is 2.50. The molecule has 174 valence electrons. The maximum absolute atomic E-state index is 13.0. The minimum atomic E-state index is -0.431. The molecule has 10 nitrogen and oxygen atoms in total. The van der Waals surface area contributed by atoms with E-state index in [1.807, 2.05) is 19.0 Å². The lowest BCUT2D eigenvalue weighted by atomic mass is 10.2. The van der Waals surface area contributed by atoms with Gasteiger partial charge in [0.25, 0.3) is 5.91 Å². The third kappa shape index (κ3) is 4.12. The van der Waals surface area contributed by atoms with Crippen molar-refractivity contribution in [1.29, 1.82) is 0 Å². The highest BCUT2D eigenvalue weighted by Gasteiger charge is 2.20. The number of nitrogens with zero attached hydrogens (tertiary/aromatic N) is 2. The molecule has 0 bridgehead atoms. The fourth-order valence-corrected chi connectivity index (χ4v) is 3.71. The van der Waals surface area contributed by atoms with Crippen LogP contribution in [0.25, 0.3) is 22.0 Å². The normalized spacial score (nSPS) is 11.3. The molecule has 4 aromatic rings. The molecule has 2 N–H and O–H groups in total. The summed E-state index contributed by atoms with van der Waals surface area (Å²) in [7, 11) is 8.46. The number of amides is 1. The summed E-state index contributed by atoms with van der Waals surface area (Å²) in [5.74, 6) is 0.704. The van der Waals surface area contributed by atoms with Crippen molar-refractivity contribution >= 4 is 33.6 Å². The number of rotatable bonds is 8. The van der Waals surface area contributed by atoms with Gasteiger partial charge in [0.15, 0.2) is 17.1 Å². The molecule has 2 heterocycles. The standard InChI is InChI=1S/C23H26N4O6/c1-26(2)8-9-27-16-10-13(6-7-17(16)33-23(27)29)24-22(28)15-11-14-18(30-3)12-19(31-4)21(32-5)20(14)25-15/h6-7,10-12,25H,8-9H2,1-5H3,(H,24,28). The van der Waals surface area contributed by atoms with E-state index in [1.54, 1.807) is 42.0 Å². The van der Waals surface area contributed by atoms with Crippen LogP contribution >= 0.6 is 0 Å². The summed E-state index contributed by atoms with van der Waals surface area (Å²) < 4.78 is 23.2. The van der Waals surface area contributed by atoms with Crippen LogP contribution in [0.2, 0.25) is 0 Å². The Labute approximate surface area is 189 Å². The molecule has 0 saturated carbocycles. The number of likely N-dealkylation sites (N-methyl/N-ethyl adjacent to an activating group) is 1. The molecule has 0 fully saturated rings. The number of anilines is 1. The van der Waals surface area contributed by atoms with Crippen LogP contribution in [0.5, 0.6) is 17.2 Å². The zero-order valence-corrected chi connectivity index (χ0v) is 19.1. The Morgan fingerprint density at radius 2 is 1.85 bits per heavy atom. The molecule has 2 aromatic heterocycles. The second-order valence-electron chi connectivity index (χ2n) is 7.75. The Hall–Kier alpha value is -3.92. The highest BCUT2D eigenvalue weighted by atomic mass is 16.5. The van der Waals surface area contributed by atoms with Crippen LogP contribution in [0.4, 0.5) is 5.69 Å². The SMILES string of the molecule is COc1cc(OC)c2cc(C(=O)Nc3ccc4oc(=O)n(CCN(C)C)c4c3)[nH]c2c1OC. The number of ether oxygens (including phenoxy) is 3. The first-order chi connectivity index (χ1) is 15.9. The lowest BCUT2D eigenvalue weighted by Gasteiger charge is -2.11. The van der Waals surface area contributed by atoms with Gasteiger partial charge in [0.2, 0.25) is 0 Å². The van der Waals surface area contributed by atoms with Crippen molar-refractivity contribution < 1.29 is 23.4 Å². The summed E-state index contributed by atoms with van der Waals surface area (Å²) in [5, 5.41) is 3.55. The zero-order chi connectivity index (χ0) is 23.7. The van der Waals surface area contributed by atoms with Crippen LogP contribution in [-0.2, 0) is 6.54 Å². The average molecular weight is 454 g/mol. The summed E-state index contributed by atoms with van der Waals surface area (Å²) in [6, 6.07) is 8.47. The molecule has 33 heavy (non-hydrogen) atoms. The van der Waals surface area contributed by atoms with Crippen LogP contribution in [0.3, 0.4) is 0 Å². The predicted octanol–water partition coefficient (Wildman–Crippen LogP) is 2.92. The van der Waals surface area contributed by atoms with E-state index in [-0.39, 0.29) is 5.91 Å². The van der Waals surface area contributed by atoms with Gasteiger partial charge in [0.05, 0.1) is 32.4 Å². The number of methoxy groups -OCH3 is 3. The third-order valence-electron chi connectivity index (χ3n) is 5.38. The number of oxazole rings is 1. The first-order valence-corrected chi connectivity index (χ1v) is 10.3. The molecular weight excluding hydrogens is 428 g/mol. The fraction of sp³-hybridized carbons (Fsp3) is 0.304. The average Bonchev–Trinajstić information content (AvgIpc) is 3.37. The first kappa shape index (κ1) is 22.3. The second kappa shape index (κ2) is 8.91. The molecule has 0 aliphatic heterocycles. The van der Waals surface area contributed by atoms with Gasteiger partial charge in [-0.25, -0.2) is 4.79 Å². The molecule has 0 aliphatic rings. The summed E-state index contributed by atoms with van der Waals surface area (Å²) in [6.45, 7) is 1.15. The maximum Gasteiger partial charge on any atom is 0.419 e. The first-order valence-electron chi connectivity index (χ1n) is 10.3. The Kier molecular flexibility index (Phi) is 6.01. The minimum Gasteiger partial charge on any atom is -0.496 e. The number of aromatic amines is 1. The van der Waals surface area contributed by atoms with Gasteiger partial charge in [-0.3, -0.25) is 9.36 Å². The van der Waals surface area contributed by atoms with E-state index >= 15 is 0 Å². The number of H-pyrrole nitrogens is 1. The molecule has 2 aromatic carbocycles.